The Hall–Kier alpha value is -2.28. The first-order valence-electron chi connectivity index (χ1n) is 7.40. The third-order valence-corrected chi connectivity index (χ3v) is 4.41. The Morgan fingerprint density at radius 2 is 2.17 bits per heavy atom. The molecule has 3 rings (SSSR count). The fourth-order valence-electron chi connectivity index (χ4n) is 2.44. The second-order valence-electron chi connectivity index (χ2n) is 5.27. The van der Waals surface area contributed by atoms with Crippen LogP contribution in [0.5, 0.6) is 5.75 Å². The largest absolute Gasteiger partial charge is 0.482 e. The van der Waals surface area contributed by atoms with E-state index in [1.54, 1.807) is 23.1 Å². The maximum absolute atomic E-state index is 12.1. The molecular formula is C16H16N2O4S. The first kappa shape index (κ1) is 15.6. The minimum atomic E-state index is -0.395. The monoisotopic (exact) mass is 332 g/mol. The zero-order valence-electron chi connectivity index (χ0n) is 12.6. The number of hydrogen-bond acceptors (Lipinski definition) is 5. The summed E-state index contributed by atoms with van der Waals surface area (Å²) in [6, 6.07) is 5.40. The van der Waals surface area contributed by atoms with E-state index in [4.69, 9.17) is 4.74 Å². The van der Waals surface area contributed by atoms with E-state index >= 15 is 0 Å². The molecule has 23 heavy (non-hydrogen) atoms. The number of thioether (sulfide) groups is 1. The molecule has 0 aliphatic carbocycles. The van der Waals surface area contributed by atoms with Gasteiger partial charge in [-0.05, 0) is 42.0 Å². The Morgan fingerprint density at radius 1 is 1.35 bits per heavy atom. The maximum Gasteiger partial charge on any atom is 0.290 e. The minimum absolute atomic E-state index is 0.0455. The smallest absolute Gasteiger partial charge is 0.290 e. The molecule has 0 radical (unpaired) electrons. The van der Waals surface area contributed by atoms with Gasteiger partial charge in [-0.2, -0.15) is 0 Å². The van der Waals surface area contributed by atoms with Crippen molar-refractivity contribution in [2.45, 2.75) is 19.8 Å². The van der Waals surface area contributed by atoms with Gasteiger partial charge in [0.2, 0.25) is 0 Å². The number of carbonyl (C=O) groups is 3. The van der Waals surface area contributed by atoms with Gasteiger partial charge in [0.25, 0.3) is 17.1 Å². The molecule has 3 amide bonds. The fourth-order valence-corrected chi connectivity index (χ4v) is 3.12. The lowest BCUT2D eigenvalue weighted by Gasteiger charge is -2.29. The zero-order chi connectivity index (χ0) is 16.4. The second-order valence-corrected chi connectivity index (χ2v) is 6.28. The highest BCUT2D eigenvalue weighted by atomic mass is 32.2. The van der Waals surface area contributed by atoms with Gasteiger partial charge in [-0.3, -0.25) is 19.7 Å². The number of fused-ring (bicyclic) bond motifs is 1. The number of carbonyl (C=O) groups excluding carboxylic acids is 3. The first-order valence-corrected chi connectivity index (χ1v) is 8.22. The molecule has 1 fully saturated rings. The number of imide groups is 1. The molecule has 0 spiro atoms. The Kier molecular flexibility index (Phi) is 4.38. The summed E-state index contributed by atoms with van der Waals surface area (Å²) in [6.45, 7) is 2.75. The molecule has 1 N–H and O–H groups in total. The van der Waals surface area contributed by atoms with E-state index < -0.39 is 5.91 Å². The molecular weight excluding hydrogens is 316 g/mol. The molecule has 0 saturated carbocycles. The maximum atomic E-state index is 12.1. The SMILES string of the molecule is CCCCN1C(=O)COc2ccc(C=C3SC(=O)NC3=O)cc21. The normalized spacial score (nSPS) is 18.9. The van der Waals surface area contributed by atoms with E-state index in [1.807, 2.05) is 6.07 Å². The Labute approximate surface area is 137 Å². The van der Waals surface area contributed by atoms with Gasteiger partial charge >= 0.3 is 0 Å². The molecule has 120 valence electrons. The van der Waals surface area contributed by atoms with Crippen molar-refractivity contribution < 1.29 is 19.1 Å². The van der Waals surface area contributed by atoms with E-state index in [0.29, 0.717) is 22.9 Å². The molecule has 0 unspecified atom stereocenters. The van der Waals surface area contributed by atoms with Crippen LogP contribution in [0, 0.1) is 0 Å². The lowest BCUT2D eigenvalue weighted by atomic mass is 10.1. The molecule has 1 aromatic rings. The van der Waals surface area contributed by atoms with Crippen LogP contribution in [0.3, 0.4) is 0 Å². The predicted molar refractivity (Wildman–Crippen MR) is 88.3 cm³/mol. The van der Waals surface area contributed by atoms with E-state index in [-0.39, 0.29) is 17.8 Å². The average Bonchev–Trinajstić information content (AvgIpc) is 2.84. The summed E-state index contributed by atoms with van der Waals surface area (Å²) in [7, 11) is 0. The quantitative estimate of drug-likeness (QED) is 0.858. The van der Waals surface area contributed by atoms with Crippen molar-refractivity contribution in [2.75, 3.05) is 18.1 Å². The molecule has 2 aliphatic rings. The number of ether oxygens (including phenoxy) is 1. The average molecular weight is 332 g/mol. The third kappa shape index (κ3) is 3.24. The van der Waals surface area contributed by atoms with E-state index in [1.165, 1.54) is 0 Å². The lowest BCUT2D eigenvalue weighted by molar-refractivity contribution is -0.121. The third-order valence-electron chi connectivity index (χ3n) is 3.60. The van der Waals surface area contributed by atoms with Gasteiger partial charge in [0.15, 0.2) is 6.61 Å². The molecule has 2 aliphatic heterocycles. The van der Waals surface area contributed by atoms with Crippen LogP contribution in [0.25, 0.3) is 6.08 Å². The van der Waals surface area contributed by atoms with E-state index in [9.17, 15) is 14.4 Å². The van der Waals surface area contributed by atoms with Gasteiger partial charge in [-0.1, -0.05) is 19.4 Å². The van der Waals surface area contributed by atoms with Crippen molar-refractivity contribution in [2.24, 2.45) is 0 Å². The van der Waals surface area contributed by atoms with Gasteiger partial charge in [0.1, 0.15) is 5.75 Å². The van der Waals surface area contributed by atoms with Crippen molar-refractivity contribution in [1.29, 1.82) is 0 Å². The van der Waals surface area contributed by atoms with Crippen LogP contribution in [0.1, 0.15) is 25.3 Å². The number of rotatable bonds is 4. The summed E-state index contributed by atoms with van der Waals surface area (Å²) < 4.78 is 5.46. The van der Waals surface area contributed by atoms with Crippen molar-refractivity contribution >= 4 is 40.6 Å². The van der Waals surface area contributed by atoms with E-state index in [2.05, 4.69) is 12.2 Å². The van der Waals surface area contributed by atoms with Crippen LogP contribution >= 0.6 is 11.8 Å². The summed E-state index contributed by atoms with van der Waals surface area (Å²) in [5.41, 5.74) is 1.45. The number of nitrogens with zero attached hydrogens (tertiary/aromatic N) is 1. The van der Waals surface area contributed by atoms with Gasteiger partial charge in [0, 0.05) is 6.54 Å². The number of hydrogen-bond donors (Lipinski definition) is 1. The van der Waals surface area contributed by atoms with Crippen LogP contribution in [-0.2, 0) is 9.59 Å². The first-order chi connectivity index (χ1) is 11.1. The lowest BCUT2D eigenvalue weighted by Crippen LogP contribution is -2.39. The van der Waals surface area contributed by atoms with Crippen molar-refractivity contribution in [3.05, 3.63) is 28.7 Å². The summed E-state index contributed by atoms with van der Waals surface area (Å²) in [5, 5.41) is 1.85. The number of unbranched alkanes of at least 4 members (excludes halogenated alkanes) is 1. The van der Waals surface area contributed by atoms with Gasteiger partial charge in [-0.25, -0.2) is 0 Å². The molecule has 7 heteroatoms. The minimum Gasteiger partial charge on any atom is -0.482 e. The molecule has 2 heterocycles. The van der Waals surface area contributed by atoms with Crippen molar-refractivity contribution in [3.8, 4) is 5.75 Å². The van der Waals surface area contributed by atoms with Gasteiger partial charge in [-0.15, -0.1) is 0 Å². The standard InChI is InChI=1S/C16H16N2O4S/c1-2-3-6-18-11-7-10(4-5-12(11)22-9-14(18)19)8-13-15(20)17-16(21)23-13/h4-5,7-8H,2-3,6,9H2,1H3,(H,17,20,21). The molecule has 0 bridgehead atoms. The Bertz CT molecular complexity index is 714. The highest BCUT2D eigenvalue weighted by molar-refractivity contribution is 8.18. The number of benzene rings is 1. The number of amides is 3. The summed E-state index contributed by atoms with van der Waals surface area (Å²) in [4.78, 5) is 37.0. The van der Waals surface area contributed by atoms with E-state index in [0.717, 1.165) is 30.2 Å². The highest BCUT2D eigenvalue weighted by Crippen LogP contribution is 2.35. The van der Waals surface area contributed by atoms with Crippen LogP contribution in [0.2, 0.25) is 0 Å². The Morgan fingerprint density at radius 3 is 2.87 bits per heavy atom. The number of nitrogens with one attached hydrogen (secondary N) is 1. The second kappa shape index (κ2) is 6.45. The Balaban J connectivity index is 1.92. The topological polar surface area (TPSA) is 75.7 Å². The van der Waals surface area contributed by atoms with Crippen LogP contribution in [0.15, 0.2) is 23.1 Å². The molecule has 0 aromatic heterocycles. The molecule has 6 nitrogen and oxygen atoms in total. The van der Waals surface area contributed by atoms with Gasteiger partial charge in [0.05, 0.1) is 10.6 Å². The fraction of sp³-hybridized carbons (Fsp3) is 0.312. The summed E-state index contributed by atoms with van der Waals surface area (Å²) in [5.74, 6) is 0.189. The predicted octanol–water partition coefficient (Wildman–Crippen LogP) is 2.54. The summed E-state index contributed by atoms with van der Waals surface area (Å²) >= 11 is 0.871. The van der Waals surface area contributed by atoms with Crippen molar-refractivity contribution in [3.63, 3.8) is 0 Å². The van der Waals surface area contributed by atoms with Crippen LogP contribution in [-0.4, -0.2) is 30.2 Å². The van der Waals surface area contributed by atoms with Crippen molar-refractivity contribution in [1.82, 2.24) is 5.32 Å². The van der Waals surface area contributed by atoms with Crippen LogP contribution < -0.4 is 15.0 Å². The zero-order valence-corrected chi connectivity index (χ0v) is 13.4. The summed E-state index contributed by atoms with van der Waals surface area (Å²) in [6.07, 6.45) is 3.54. The molecule has 0 atom stereocenters. The molecule has 1 aromatic carbocycles. The molecule has 1 saturated heterocycles. The van der Waals surface area contributed by atoms with Gasteiger partial charge < -0.3 is 9.64 Å². The number of anilines is 1. The highest BCUT2D eigenvalue weighted by Gasteiger charge is 2.27. The van der Waals surface area contributed by atoms with Crippen LogP contribution in [0.4, 0.5) is 10.5 Å².